The molecule has 0 radical (unpaired) electrons. The molecular formula is C21H23BrN4O5. The highest BCUT2D eigenvalue weighted by atomic mass is 79.9. The van der Waals surface area contributed by atoms with Gasteiger partial charge in [0, 0.05) is 28.6 Å². The zero-order valence-electron chi connectivity index (χ0n) is 17.0. The number of hydrogen-bond acceptors (Lipinski definition) is 7. The molecule has 2 N–H and O–H groups in total. The second kappa shape index (κ2) is 10.4. The quantitative estimate of drug-likeness (QED) is 0.348. The van der Waals surface area contributed by atoms with E-state index >= 15 is 0 Å². The zero-order valence-corrected chi connectivity index (χ0v) is 18.5. The van der Waals surface area contributed by atoms with Crippen molar-refractivity contribution in [1.29, 1.82) is 0 Å². The Bertz CT molecular complexity index is 972. The molecule has 0 saturated carbocycles. The molecule has 0 spiro atoms. The van der Waals surface area contributed by atoms with Gasteiger partial charge in [0.2, 0.25) is 5.91 Å². The van der Waals surface area contributed by atoms with Crippen molar-refractivity contribution < 1.29 is 19.6 Å². The Morgan fingerprint density at radius 2 is 2.03 bits per heavy atom. The number of nitro benzene ring substituents is 1. The molecule has 1 aliphatic heterocycles. The maximum absolute atomic E-state index is 12.4. The van der Waals surface area contributed by atoms with Gasteiger partial charge in [0.1, 0.15) is 0 Å². The molecule has 1 saturated heterocycles. The Kier molecular flexibility index (Phi) is 7.59. The number of nitrogens with zero attached hydrogens (tertiary/aromatic N) is 3. The molecule has 1 amide bonds. The van der Waals surface area contributed by atoms with Crippen molar-refractivity contribution in [2.24, 2.45) is 11.0 Å². The summed E-state index contributed by atoms with van der Waals surface area (Å²) in [6.07, 6.45) is 2.60. The fourth-order valence-corrected chi connectivity index (χ4v) is 3.70. The summed E-state index contributed by atoms with van der Waals surface area (Å²) in [4.78, 5) is 25.2. The van der Waals surface area contributed by atoms with Gasteiger partial charge in [-0.3, -0.25) is 19.8 Å². The lowest BCUT2D eigenvalue weighted by molar-refractivity contribution is -0.385. The first-order chi connectivity index (χ1) is 14.9. The minimum atomic E-state index is -0.597. The van der Waals surface area contributed by atoms with Crippen LogP contribution in [0.1, 0.15) is 24.0 Å². The van der Waals surface area contributed by atoms with Gasteiger partial charge in [-0.2, -0.15) is 5.10 Å². The van der Waals surface area contributed by atoms with Crippen molar-refractivity contribution in [3.05, 3.63) is 62.1 Å². The summed E-state index contributed by atoms with van der Waals surface area (Å²) < 4.78 is 5.99. The number of nitro groups is 1. The first-order valence-electron chi connectivity index (χ1n) is 9.72. The Balaban J connectivity index is 1.53. The van der Waals surface area contributed by atoms with Crippen molar-refractivity contribution in [2.45, 2.75) is 19.4 Å². The Morgan fingerprint density at radius 1 is 1.35 bits per heavy atom. The van der Waals surface area contributed by atoms with Crippen molar-refractivity contribution in [2.75, 3.05) is 20.2 Å². The highest BCUT2D eigenvalue weighted by Crippen LogP contribution is 2.33. The molecule has 0 aromatic heterocycles. The molecule has 0 bridgehead atoms. The third kappa shape index (κ3) is 6.02. The maximum atomic E-state index is 12.4. The van der Waals surface area contributed by atoms with Gasteiger partial charge in [-0.15, -0.1) is 0 Å². The molecule has 0 unspecified atom stereocenters. The van der Waals surface area contributed by atoms with Crippen LogP contribution in [0.25, 0.3) is 0 Å². The summed E-state index contributed by atoms with van der Waals surface area (Å²) in [5, 5.41) is 25.0. The van der Waals surface area contributed by atoms with E-state index in [-0.39, 0.29) is 34.6 Å². The topological polar surface area (TPSA) is 117 Å². The van der Waals surface area contributed by atoms with E-state index in [0.29, 0.717) is 12.8 Å². The minimum absolute atomic E-state index is 0.0416. The van der Waals surface area contributed by atoms with E-state index in [1.165, 1.54) is 18.9 Å². The van der Waals surface area contributed by atoms with Crippen LogP contribution < -0.4 is 10.2 Å². The summed E-state index contributed by atoms with van der Waals surface area (Å²) in [6.45, 7) is 2.45. The average molecular weight is 491 g/mol. The predicted octanol–water partition coefficient (Wildman–Crippen LogP) is 3.43. The number of halogens is 1. The lowest BCUT2D eigenvalue weighted by Gasteiger charge is -2.30. The number of ether oxygens (including phenoxy) is 1. The van der Waals surface area contributed by atoms with Gasteiger partial charge >= 0.3 is 0 Å². The SMILES string of the molecule is COc1cc([N+](=O)[O-])cc(C=NNC(=O)C2CCN(Cc3ccc(Br)cc3)CC2)c1O. The van der Waals surface area contributed by atoms with Gasteiger partial charge in [-0.1, -0.05) is 28.1 Å². The molecule has 1 fully saturated rings. The van der Waals surface area contributed by atoms with Crippen LogP contribution in [0.3, 0.4) is 0 Å². The molecule has 164 valence electrons. The third-order valence-electron chi connectivity index (χ3n) is 5.18. The summed E-state index contributed by atoms with van der Waals surface area (Å²) >= 11 is 3.43. The molecule has 9 nitrogen and oxygen atoms in total. The van der Waals surface area contributed by atoms with Gasteiger partial charge in [0.05, 0.1) is 24.3 Å². The Labute approximate surface area is 188 Å². The molecule has 2 aromatic rings. The summed E-state index contributed by atoms with van der Waals surface area (Å²) in [7, 11) is 1.30. The van der Waals surface area contributed by atoms with E-state index < -0.39 is 4.92 Å². The number of hydrazone groups is 1. The minimum Gasteiger partial charge on any atom is -0.504 e. The Hall–Kier alpha value is -2.98. The maximum Gasteiger partial charge on any atom is 0.274 e. The average Bonchev–Trinajstić information content (AvgIpc) is 2.76. The Morgan fingerprint density at radius 3 is 2.65 bits per heavy atom. The van der Waals surface area contributed by atoms with Crippen LogP contribution >= 0.6 is 15.9 Å². The number of likely N-dealkylation sites (tertiary alicyclic amines) is 1. The predicted molar refractivity (Wildman–Crippen MR) is 119 cm³/mol. The standard InChI is InChI=1S/C21H23BrN4O5/c1-31-19-11-18(26(29)30)10-16(20(19)27)12-23-24-21(28)15-6-8-25(9-7-15)13-14-2-4-17(22)5-3-14/h2-5,10-12,15,27H,6-9,13H2,1H3,(H,24,28). The third-order valence-corrected chi connectivity index (χ3v) is 5.70. The zero-order chi connectivity index (χ0) is 22.4. The number of non-ortho nitro benzene ring substituents is 1. The van der Waals surface area contributed by atoms with E-state index in [0.717, 1.165) is 36.2 Å². The molecule has 0 atom stereocenters. The highest BCUT2D eigenvalue weighted by molar-refractivity contribution is 9.10. The van der Waals surface area contributed by atoms with Crippen molar-refractivity contribution in [3.8, 4) is 11.5 Å². The number of carbonyl (C=O) groups excluding carboxylic acids is 1. The fourth-order valence-electron chi connectivity index (χ4n) is 3.43. The number of nitrogens with one attached hydrogen (secondary N) is 1. The molecule has 31 heavy (non-hydrogen) atoms. The van der Waals surface area contributed by atoms with Gasteiger partial charge in [-0.05, 0) is 43.6 Å². The van der Waals surface area contributed by atoms with Crippen LogP contribution in [0.4, 0.5) is 5.69 Å². The first-order valence-corrected chi connectivity index (χ1v) is 10.5. The van der Waals surface area contributed by atoms with Gasteiger partial charge in [0.15, 0.2) is 11.5 Å². The van der Waals surface area contributed by atoms with Gasteiger partial charge < -0.3 is 9.84 Å². The summed E-state index contributed by atoms with van der Waals surface area (Å²) in [5.74, 6) is -0.699. The molecule has 10 heteroatoms. The number of aromatic hydroxyl groups is 1. The second-order valence-electron chi connectivity index (χ2n) is 7.25. The number of carbonyl (C=O) groups is 1. The van der Waals surface area contributed by atoms with Crippen molar-refractivity contribution in [1.82, 2.24) is 10.3 Å². The van der Waals surface area contributed by atoms with Gasteiger partial charge in [0.25, 0.3) is 5.69 Å². The smallest absolute Gasteiger partial charge is 0.274 e. The number of rotatable bonds is 7. The fraction of sp³-hybridized carbons (Fsp3) is 0.333. The normalized spacial score (nSPS) is 15.2. The van der Waals surface area contributed by atoms with E-state index in [4.69, 9.17) is 4.74 Å². The second-order valence-corrected chi connectivity index (χ2v) is 8.17. The number of phenols is 1. The number of methoxy groups -OCH3 is 1. The molecular weight excluding hydrogens is 468 g/mol. The van der Waals surface area contributed by atoms with Crippen molar-refractivity contribution in [3.63, 3.8) is 0 Å². The van der Waals surface area contributed by atoms with Crippen LogP contribution in [0.15, 0.2) is 46.0 Å². The van der Waals surface area contributed by atoms with Gasteiger partial charge in [-0.25, -0.2) is 5.43 Å². The number of benzene rings is 2. The van der Waals surface area contributed by atoms with E-state index in [2.05, 4.69) is 43.5 Å². The lowest BCUT2D eigenvalue weighted by atomic mass is 9.96. The monoisotopic (exact) mass is 490 g/mol. The molecule has 2 aromatic carbocycles. The number of hydrogen-bond donors (Lipinski definition) is 2. The molecule has 1 aliphatic rings. The van der Waals surface area contributed by atoms with E-state index in [1.807, 2.05) is 12.1 Å². The molecule has 3 rings (SSSR count). The van der Waals surface area contributed by atoms with Crippen LogP contribution in [0.5, 0.6) is 11.5 Å². The van der Waals surface area contributed by atoms with Crippen LogP contribution in [-0.4, -0.2) is 47.3 Å². The van der Waals surface area contributed by atoms with Crippen molar-refractivity contribution >= 4 is 33.7 Å². The lowest BCUT2D eigenvalue weighted by Crippen LogP contribution is -2.39. The van der Waals surface area contributed by atoms with Crippen LogP contribution in [0, 0.1) is 16.0 Å². The summed E-state index contributed by atoms with van der Waals surface area (Å²) in [6, 6.07) is 10.5. The number of amides is 1. The number of phenolic OH excluding ortho intramolecular Hbond substituents is 1. The van der Waals surface area contributed by atoms with E-state index in [9.17, 15) is 20.0 Å². The number of piperidine rings is 1. The highest BCUT2D eigenvalue weighted by Gasteiger charge is 2.25. The van der Waals surface area contributed by atoms with Crippen LogP contribution in [0.2, 0.25) is 0 Å². The van der Waals surface area contributed by atoms with Crippen LogP contribution in [-0.2, 0) is 11.3 Å². The first kappa shape index (κ1) is 22.7. The molecule has 0 aliphatic carbocycles. The summed E-state index contributed by atoms with van der Waals surface area (Å²) in [5.41, 5.74) is 3.52. The van der Waals surface area contributed by atoms with E-state index in [1.54, 1.807) is 0 Å². The molecule has 1 heterocycles. The largest absolute Gasteiger partial charge is 0.504 e.